The summed E-state index contributed by atoms with van der Waals surface area (Å²) in [6.07, 6.45) is -8.18. The molecule has 100 valence electrons. The summed E-state index contributed by atoms with van der Waals surface area (Å²) < 4.78 is 62.7. The maximum Gasteiger partial charge on any atom is 0.416 e. The van der Waals surface area contributed by atoms with Crippen LogP contribution in [0.1, 0.15) is 33.7 Å². The number of rotatable bonds is 3. The Morgan fingerprint density at radius 2 is 2.00 bits per heavy atom. The third kappa shape index (κ3) is 2.94. The van der Waals surface area contributed by atoms with Gasteiger partial charge in [-0.2, -0.15) is 13.2 Å². The third-order valence-corrected chi connectivity index (χ3v) is 2.24. The van der Waals surface area contributed by atoms with Crippen molar-refractivity contribution in [2.24, 2.45) is 5.73 Å². The highest BCUT2D eigenvalue weighted by atomic mass is 35.5. The molecule has 0 aromatic carbocycles. The van der Waals surface area contributed by atoms with E-state index in [1.807, 2.05) is 0 Å². The highest BCUT2D eigenvalue weighted by Gasteiger charge is 2.36. The van der Waals surface area contributed by atoms with E-state index in [0.29, 0.717) is 0 Å². The Hall–Kier alpha value is -1.28. The minimum atomic E-state index is -4.93. The first kappa shape index (κ1) is 14.8. The van der Waals surface area contributed by atoms with Crippen LogP contribution in [0.5, 0.6) is 0 Å². The van der Waals surface area contributed by atoms with Gasteiger partial charge in [-0.15, -0.1) is 0 Å². The lowest BCUT2D eigenvalue weighted by molar-refractivity contribution is -0.138. The zero-order valence-corrected chi connectivity index (χ0v) is 9.32. The van der Waals surface area contributed by atoms with Gasteiger partial charge in [-0.3, -0.25) is 4.79 Å². The van der Waals surface area contributed by atoms with Crippen molar-refractivity contribution in [1.82, 2.24) is 4.98 Å². The van der Waals surface area contributed by atoms with Crippen molar-refractivity contribution in [2.45, 2.75) is 19.1 Å². The third-order valence-electron chi connectivity index (χ3n) is 2.06. The fourth-order valence-electron chi connectivity index (χ4n) is 1.33. The standard InChI is InChI=1S/C9H6ClF5N2O/c10-7(18)6-3(2-16)4(9(13,14)15)1-5(17-6)8(11)12/h1,8H,2,16H2. The molecular weight excluding hydrogens is 283 g/mol. The van der Waals surface area contributed by atoms with Gasteiger partial charge in [-0.1, -0.05) is 0 Å². The van der Waals surface area contributed by atoms with E-state index in [-0.39, 0.29) is 6.07 Å². The number of carbonyl (C=O) groups is 1. The number of hydrogen-bond acceptors (Lipinski definition) is 3. The number of nitrogens with zero attached hydrogens (tertiary/aromatic N) is 1. The molecule has 1 heterocycles. The molecular formula is C9H6ClF5N2O. The molecule has 18 heavy (non-hydrogen) atoms. The lowest BCUT2D eigenvalue weighted by atomic mass is 10.0. The molecule has 9 heteroatoms. The smallest absolute Gasteiger partial charge is 0.326 e. The van der Waals surface area contributed by atoms with Crippen LogP contribution in [0.4, 0.5) is 22.0 Å². The van der Waals surface area contributed by atoms with Crippen molar-refractivity contribution < 1.29 is 26.7 Å². The largest absolute Gasteiger partial charge is 0.416 e. The van der Waals surface area contributed by atoms with Crippen LogP contribution in [0.2, 0.25) is 0 Å². The van der Waals surface area contributed by atoms with Crippen LogP contribution in [0.3, 0.4) is 0 Å². The fraction of sp³-hybridized carbons (Fsp3) is 0.333. The molecule has 0 radical (unpaired) electrons. The molecule has 0 saturated carbocycles. The molecule has 0 spiro atoms. The Labute approximate surface area is 103 Å². The molecule has 1 rings (SSSR count). The molecule has 3 nitrogen and oxygen atoms in total. The van der Waals surface area contributed by atoms with Crippen LogP contribution in [0.25, 0.3) is 0 Å². The number of pyridine rings is 1. The van der Waals surface area contributed by atoms with Gasteiger partial charge in [-0.05, 0) is 17.7 Å². The second kappa shape index (κ2) is 5.15. The van der Waals surface area contributed by atoms with Gasteiger partial charge in [0.2, 0.25) is 0 Å². The second-order valence-electron chi connectivity index (χ2n) is 3.20. The Kier molecular flexibility index (Phi) is 4.23. The van der Waals surface area contributed by atoms with E-state index < -0.39 is 46.9 Å². The summed E-state index contributed by atoms with van der Waals surface area (Å²) >= 11 is 5.02. The molecule has 0 bridgehead atoms. The maximum atomic E-state index is 12.6. The first-order valence-electron chi connectivity index (χ1n) is 4.47. The summed E-state index contributed by atoms with van der Waals surface area (Å²) in [5.41, 5.74) is 0.864. The molecule has 0 aliphatic heterocycles. The summed E-state index contributed by atoms with van der Waals surface area (Å²) in [6.45, 7) is -0.695. The van der Waals surface area contributed by atoms with Gasteiger partial charge < -0.3 is 5.73 Å². The Balaban J connectivity index is 3.62. The van der Waals surface area contributed by atoms with Gasteiger partial charge in [0.05, 0.1) is 5.56 Å². The molecule has 0 unspecified atom stereocenters. The summed E-state index contributed by atoms with van der Waals surface area (Å²) in [7, 11) is 0. The van der Waals surface area contributed by atoms with Crippen molar-refractivity contribution in [2.75, 3.05) is 0 Å². The molecule has 0 fully saturated rings. The second-order valence-corrected chi connectivity index (χ2v) is 3.54. The quantitative estimate of drug-likeness (QED) is 0.687. The topological polar surface area (TPSA) is 56.0 Å². The maximum absolute atomic E-state index is 12.6. The normalized spacial score (nSPS) is 12.0. The Morgan fingerprint density at radius 1 is 1.44 bits per heavy atom. The summed E-state index contributed by atoms with van der Waals surface area (Å²) in [6, 6.07) is 0.163. The van der Waals surface area contributed by atoms with Gasteiger partial charge in [0.25, 0.3) is 11.7 Å². The number of alkyl halides is 5. The number of nitrogens with two attached hydrogens (primary N) is 1. The predicted molar refractivity (Wildman–Crippen MR) is 52.3 cm³/mol. The lowest BCUT2D eigenvalue weighted by Crippen LogP contribution is -2.18. The van der Waals surface area contributed by atoms with E-state index in [0.717, 1.165) is 0 Å². The van der Waals surface area contributed by atoms with Gasteiger partial charge in [0.1, 0.15) is 11.4 Å². The molecule has 0 saturated heterocycles. The van der Waals surface area contributed by atoms with E-state index in [1.165, 1.54) is 0 Å². The minimum absolute atomic E-state index is 0.163. The van der Waals surface area contributed by atoms with E-state index in [9.17, 15) is 26.7 Å². The first-order chi connectivity index (χ1) is 8.18. The summed E-state index contributed by atoms with van der Waals surface area (Å²) in [5, 5.41) is -1.37. The molecule has 1 aromatic heterocycles. The van der Waals surface area contributed by atoms with Gasteiger partial charge in [0.15, 0.2) is 0 Å². The van der Waals surface area contributed by atoms with E-state index in [2.05, 4.69) is 4.98 Å². The van der Waals surface area contributed by atoms with Gasteiger partial charge >= 0.3 is 6.18 Å². The van der Waals surface area contributed by atoms with E-state index in [1.54, 1.807) is 0 Å². The number of aromatic nitrogens is 1. The number of hydrogen-bond donors (Lipinski definition) is 1. The van der Waals surface area contributed by atoms with Crippen LogP contribution in [-0.4, -0.2) is 10.2 Å². The van der Waals surface area contributed by atoms with Crippen LogP contribution in [0.15, 0.2) is 6.07 Å². The zero-order valence-electron chi connectivity index (χ0n) is 8.56. The highest BCUT2D eigenvalue weighted by molar-refractivity contribution is 6.67. The average Bonchev–Trinajstić information content (AvgIpc) is 2.25. The zero-order chi connectivity index (χ0) is 14.1. The fourth-order valence-corrected chi connectivity index (χ4v) is 1.48. The Morgan fingerprint density at radius 3 is 2.33 bits per heavy atom. The number of halogens is 6. The van der Waals surface area contributed by atoms with Crippen molar-refractivity contribution >= 4 is 16.8 Å². The van der Waals surface area contributed by atoms with Crippen LogP contribution in [0, 0.1) is 0 Å². The average molecular weight is 289 g/mol. The SMILES string of the molecule is NCc1c(C(F)(F)F)cc(C(F)F)nc1C(=O)Cl. The van der Waals surface area contributed by atoms with Gasteiger partial charge in [-0.25, -0.2) is 13.8 Å². The van der Waals surface area contributed by atoms with Crippen molar-refractivity contribution in [3.8, 4) is 0 Å². The van der Waals surface area contributed by atoms with Gasteiger partial charge in [0, 0.05) is 12.1 Å². The molecule has 0 aliphatic carbocycles. The van der Waals surface area contributed by atoms with Crippen LogP contribution >= 0.6 is 11.6 Å². The molecule has 0 amide bonds. The van der Waals surface area contributed by atoms with Crippen LogP contribution < -0.4 is 5.73 Å². The molecule has 0 aliphatic rings. The molecule has 1 aromatic rings. The molecule has 2 N–H and O–H groups in total. The summed E-state index contributed by atoms with van der Waals surface area (Å²) in [5.74, 6) is 0. The predicted octanol–water partition coefficient (Wildman–Crippen LogP) is 2.88. The van der Waals surface area contributed by atoms with E-state index in [4.69, 9.17) is 17.3 Å². The summed E-state index contributed by atoms with van der Waals surface area (Å²) in [4.78, 5) is 14.0. The van der Waals surface area contributed by atoms with E-state index >= 15 is 0 Å². The van der Waals surface area contributed by atoms with Crippen LogP contribution in [-0.2, 0) is 12.7 Å². The monoisotopic (exact) mass is 288 g/mol. The lowest BCUT2D eigenvalue weighted by Gasteiger charge is -2.15. The molecule has 0 atom stereocenters. The van der Waals surface area contributed by atoms with Crippen molar-refractivity contribution in [1.29, 1.82) is 0 Å². The van der Waals surface area contributed by atoms with Crippen molar-refractivity contribution in [3.05, 3.63) is 28.6 Å². The minimum Gasteiger partial charge on any atom is -0.326 e. The first-order valence-corrected chi connectivity index (χ1v) is 4.85. The number of carbonyl (C=O) groups excluding carboxylic acids is 1. The highest BCUT2D eigenvalue weighted by Crippen LogP contribution is 2.35. The van der Waals surface area contributed by atoms with Crippen molar-refractivity contribution in [3.63, 3.8) is 0 Å². The Bertz CT molecular complexity index is 475.